The molecule has 1 aromatic heterocycles. The zero-order valence-corrected chi connectivity index (χ0v) is 11.1. The highest BCUT2D eigenvalue weighted by molar-refractivity contribution is 5.98. The minimum Gasteiger partial charge on any atom is -0.443 e. The second-order valence-electron chi connectivity index (χ2n) is 5.32. The van der Waals surface area contributed by atoms with Crippen LogP contribution in [0.4, 0.5) is 10.5 Å². The van der Waals surface area contributed by atoms with Crippen molar-refractivity contribution in [2.24, 2.45) is 0 Å². The number of hydrogen-bond acceptors (Lipinski definition) is 4. The van der Waals surface area contributed by atoms with Crippen LogP contribution in [0.15, 0.2) is 24.3 Å². The lowest BCUT2D eigenvalue weighted by Crippen LogP contribution is -2.27. The minimum atomic E-state index is -0.623. The third-order valence-corrected chi connectivity index (χ3v) is 2.55. The molecule has 0 atom stereocenters. The summed E-state index contributed by atoms with van der Waals surface area (Å²) in [5.41, 5.74) is 6.49. The Labute approximate surface area is 110 Å². The number of benzene rings is 1. The van der Waals surface area contributed by atoms with E-state index < -0.39 is 11.7 Å². The van der Waals surface area contributed by atoms with Gasteiger partial charge in [-0.2, -0.15) is 0 Å². The van der Waals surface area contributed by atoms with Gasteiger partial charge in [0.2, 0.25) is 0 Å². The summed E-state index contributed by atoms with van der Waals surface area (Å²) in [6, 6.07) is 6.70. The van der Waals surface area contributed by atoms with Crippen molar-refractivity contribution >= 4 is 29.0 Å². The summed E-state index contributed by atoms with van der Waals surface area (Å²) in [6.07, 6.45) is 0.0505. The van der Waals surface area contributed by atoms with Gasteiger partial charge in [0.05, 0.1) is 11.2 Å². The molecular formula is C14H16N2O3. The molecule has 0 fully saturated rings. The lowest BCUT2D eigenvalue weighted by atomic mass is 10.2. The lowest BCUT2D eigenvalue weighted by molar-refractivity contribution is 0.0538. The second kappa shape index (κ2) is 4.42. The molecule has 0 aliphatic carbocycles. The number of aromatic nitrogens is 1. The number of carbonyl (C=O) groups is 2. The average Bonchev–Trinajstić information content (AvgIpc) is 2.63. The second-order valence-corrected chi connectivity index (χ2v) is 5.32. The molecule has 2 rings (SSSR count). The Morgan fingerprint density at radius 3 is 2.58 bits per heavy atom. The number of hydrogen-bond donors (Lipinski definition) is 1. The SMILES string of the molecule is CC(C)(C)OC(=O)n1c(C=O)cc2cc(N)ccc21. The molecule has 0 bridgehead atoms. The van der Waals surface area contributed by atoms with Gasteiger partial charge in [-0.25, -0.2) is 9.36 Å². The highest BCUT2D eigenvalue weighted by Crippen LogP contribution is 2.23. The van der Waals surface area contributed by atoms with E-state index in [1.807, 2.05) is 0 Å². The Hall–Kier alpha value is -2.30. The van der Waals surface area contributed by atoms with Crippen LogP contribution < -0.4 is 5.73 Å². The number of aldehydes is 1. The fraction of sp³-hybridized carbons (Fsp3) is 0.286. The van der Waals surface area contributed by atoms with Crippen LogP contribution in [0.5, 0.6) is 0 Å². The van der Waals surface area contributed by atoms with Crippen LogP contribution in [-0.4, -0.2) is 22.5 Å². The van der Waals surface area contributed by atoms with Crippen LogP contribution in [0, 0.1) is 0 Å². The first-order valence-electron chi connectivity index (χ1n) is 5.91. The van der Waals surface area contributed by atoms with Gasteiger partial charge in [-0.15, -0.1) is 0 Å². The normalized spacial score (nSPS) is 11.5. The molecule has 0 saturated heterocycles. The number of nitrogen functional groups attached to an aromatic ring is 1. The monoisotopic (exact) mass is 260 g/mol. The van der Waals surface area contributed by atoms with E-state index in [2.05, 4.69) is 0 Å². The van der Waals surface area contributed by atoms with E-state index >= 15 is 0 Å². The molecule has 0 radical (unpaired) electrons. The molecule has 0 spiro atoms. The van der Waals surface area contributed by atoms with Crippen molar-refractivity contribution in [1.82, 2.24) is 4.57 Å². The number of anilines is 1. The van der Waals surface area contributed by atoms with Crippen molar-refractivity contribution in [3.05, 3.63) is 30.0 Å². The van der Waals surface area contributed by atoms with E-state index in [0.29, 0.717) is 17.5 Å². The average molecular weight is 260 g/mol. The molecule has 0 unspecified atom stereocenters. The molecule has 19 heavy (non-hydrogen) atoms. The highest BCUT2D eigenvalue weighted by Gasteiger charge is 2.21. The molecule has 2 N–H and O–H groups in total. The zero-order valence-electron chi connectivity index (χ0n) is 11.1. The predicted octanol–water partition coefficient (Wildman–Crippen LogP) is 2.82. The summed E-state index contributed by atoms with van der Waals surface area (Å²) in [7, 11) is 0. The third kappa shape index (κ3) is 2.59. The summed E-state index contributed by atoms with van der Waals surface area (Å²) in [4.78, 5) is 23.2. The Bertz CT molecular complexity index is 650. The molecule has 0 saturated carbocycles. The minimum absolute atomic E-state index is 0.245. The topological polar surface area (TPSA) is 74.3 Å². The molecule has 100 valence electrons. The van der Waals surface area contributed by atoms with Gasteiger partial charge in [-0.3, -0.25) is 4.79 Å². The standard InChI is InChI=1S/C14H16N2O3/c1-14(2,3)19-13(18)16-11(8-17)7-9-6-10(15)4-5-12(9)16/h4-8H,15H2,1-3H3. The fourth-order valence-corrected chi connectivity index (χ4v) is 1.85. The van der Waals surface area contributed by atoms with Crippen molar-refractivity contribution in [3.63, 3.8) is 0 Å². The van der Waals surface area contributed by atoms with Gasteiger partial charge in [0.15, 0.2) is 6.29 Å². The summed E-state index contributed by atoms with van der Waals surface area (Å²) in [6.45, 7) is 5.32. The third-order valence-electron chi connectivity index (χ3n) is 2.55. The Morgan fingerprint density at radius 1 is 1.32 bits per heavy atom. The van der Waals surface area contributed by atoms with E-state index in [-0.39, 0.29) is 5.69 Å². The van der Waals surface area contributed by atoms with Crippen LogP contribution in [0.3, 0.4) is 0 Å². The van der Waals surface area contributed by atoms with E-state index in [1.165, 1.54) is 4.57 Å². The largest absolute Gasteiger partial charge is 0.443 e. The van der Waals surface area contributed by atoms with Gasteiger partial charge >= 0.3 is 6.09 Å². The number of rotatable bonds is 1. The maximum atomic E-state index is 12.2. The van der Waals surface area contributed by atoms with Crippen molar-refractivity contribution in [3.8, 4) is 0 Å². The van der Waals surface area contributed by atoms with Gasteiger partial charge < -0.3 is 10.5 Å². The van der Waals surface area contributed by atoms with E-state index in [0.717, 1.165) is 5.39 Å². The smallest absolute Gasteiger partial charge is 0.419 e. The molecular weight excluding hydrogens is 244 g/mol. The lowest BCUT2D eigenvalue weighted by Gasteiger charge is -2.20. The fourth-order valence-electron chi connectivity index (χ4n) is 1.85. The maximum Gasteiger partial charge on any atom is 0.419 e. The van der Waals surface area contributed by atoms with E-state index in [4.69, 9.17) is 10.5 Å². The van der Waals surface area contributed by atoms with Gasteiger partial charge in [-0.1, -0.05) is 0 Å². The van der Waals surface area contributed by atoms with Crippen LogP contribution in [0.2, 0.25) is 0 Å². The quantitative estimate of drug-likeness (QED) is 0.632. The van der Waals surface area contributed by atoms with Crippen molar-refractivity contribution in [1.29, 1.82) is 0 Å². The van der Waals surface area contributed by atoms with Crippen molar-refractivity contribution in [2.75, 3.05) is 5.73 Å². The van der Waals surface area contributed by atoms with E-state index in [9.17, 15) is 9.59 Å². The van der Waals surface area contributed by atoms with Gasteiger partial charge in [0, 0.05) is 11.1 Å². The van der Waals surface area contributed by atoms with Crippen LogP contribution >= 0.6 is 0 Å². The first kappa shape index (κ1) is 13.1. The van der Waals surface area contributed by atoms with Crippen LogP contribution in [-0.2, 0) is 4.74 Å². The van der Waals surface area contributed by atoms with E-state index in [1.54, 1.807) is 45.0 Å². The number of carbonyl (C=O) groups excluding carboxylic acids is 2. The maximum absolute atomic E-state index is 12.2. The summed E-state index contributed by atoms with van der Waals surface area (Å²) >= 11 is 0. The summed E-state index contributed by atoms with van der Waals surface area (Å²) < 4.78 is 6.55. The Balaban J connectivity index is 2.58. The highest BCUT2D eigenvalue weighted by atomic mass is 16.6. The zero-order chi connectivity index (χ0) is 14.2. The molecule has 1 heterocycles. The van der Waals surface area contributed by atoms with Gasteiger partial charge in [0.1, 0.15) is 5.60 Å². The van der Waals surface area contributed by atoms with Crippen LogP contribution in [0.1, 0.15) is 31.3 Å². The van der Waals surface area contributed by atoms with Crippen molar-refractivity contribution < 1.29 is 14.3 Å². The first-order valence-corrected chi connectivity index (χ1v) is 5.91. The number of nitrogens with two attached hydrogens (primary N) is 1. The molecule has 5 heteroatoms. The van der Waals surface area contributed by atoms with Gasteiger partial charge in [0.25, 0.3) is 0 Å². The Morgan fingerprint density at radius 2 is 2.00 bits per heavy atom. The molecule has 0 aliphatic rings. The van der Waals surface area contributed by atoms with Crippen LogP contribution in [0.25, 0.3) is 10.9 Å². The summed E-state index contributed by atoms with van der Waals surface area (Å²) in [5.74, 6) is 0. The van der Waals surface area contributed by atoms with Gasteiger partial charge in [-0.05, 0) is 45.0 Å². The number of fused-ring (bicyclic) bond motifs is 1. The Kier molecular flexibility index (Phi) is 3.06. The van der Waals surface area contributed by atoms with Crippen molar-refractivity contribution in [2.45, 2.75) is 26.4 Å². The first-order chi connectivity index (χ1) is 8.81. The molecule has 0 amide bonds. The molecule has 5 nitrogen and oxygen atoms in total. The summed E-state index contributed by atoms with van der Waals surface area (Å²) in [5, 5.41) is 0.730. The predicted molar refractivity (Wildman–Crippen MR) is 73.4 cm³/mol. The molecule has 2 aromatic rings. The number of ether oxygens (including phenoxy) is 1. The molecule has 1 aromatic carbocycles. The number of nitrogens with zero attached hydrogens (tertiary/aromatic N) is 1. The molecule has 0 aliphatic heterocycles.